The molecule has 2 bridgehead atoms. The molecule has 2 aliphatic heterocycles. The molecule has 1 amide bonds. The Labute approximate surface area is 136 Å². The minimum Gasteiger partial charge on any atom is -0.457 e. The Bertz CT molecular complexity index is 611. The number of ether oxygens (including phenoxy) is 2. The number of hydrogen-bond acceptors (Lipinski definition) is 4. The molecule has 1 N–H and O–H groups in total. The molecule has 0 aliphatic carbocycles. The van der Waals surface area contributed by atoms with Crippen LogP contribution in [0.3, 0.4) is 0 Å². The number of carbonyl (C=O) groups is 2. The SMILES string of the molecule is CCC(CC)C(=O)N[C@H]1[C@H](OC(C)=O)[C@@H]2O[C@H]1c1ccccc12. The van der Waals surface area contributed by atoms with E-state index < -0.39 is 6.10 Å². The molecule has 1 fully saturated rings. The van der Waals surface area contributed by atoms with Crippen molar-refractivity contribution in [3.8, 4) is 0 Å². The molecular formula is C18H23NO4. The van der Waals surface area contributed by atoms with E-state index in [1.54, 1.807) is 0 Å². The second-order valence-electron chi connectivity index (χ2n) is 6.23. The van der Waals surface area contributed by atoms with Crippen molar-refractivity contribution in [2.75, 3.05) is 0 Å². The first-order chi connectivity index (χ1) is 11.1. The van der Waals surface area contributed by atoms with Crippen LogP contribution in [0.15, 0.2) is 24.3 Å². The average molecular weight is 317 g/mol. The molecule has 1 aromatic carbocycles. The summed E-state index contributed by atoms with van der Waals surface area (Å²) in [5.41, 5.74) is 2.13. The standard InChI is InChI=1S/C18H23NO4/c1-4-11(5-2)18(21)19-14-15-12-8-6-7-9-13(12)16(23-15)17(14)22-10(3)20/h6-9,11,14-17H,4-5H2,1-3H3,(H,19,21)/t14-,15+,16-,17+/m1/s1. The third kappa shape index (κ3) is 2.74. The molecule has 0 aromatic heterocycles. The summed E-state index contributed by atoms with van der Waals surface area (Å²) >= 11 is 0. The van der Waals surface area contributed by atoms with Gasteiger partial charge >= 0.3 is 5.97 Å². The fraction of sp³-hybridized carbons (Fsp3) is 0.556. The predicted octanol–water partition coefficient (Wildman–Crippen LogP) is 2.67. The van der Waals surface area contributed by atoms with Crippen molar-refractivity contribution in [3.05, 3.63) is 35.4 Å². The lowest BCUT2D eigenvalue weighted by atomic mass is 9.85. The van der Waals surface area contributed by atoms with Gasteiger partial charge in [-0.2, -0.15) is 0 Å². The van der Waals surface area contributed by atoms with Crippen LogP contribution in [0.5, 0.6) is 0 Å². The quantitative estimate of drug-likeness (QED) is 0.848. The van der Waals surface area contributed by atoms with Crippen LogP contribution in [0.1, 0.15) is 56.9 Å². The van der Waals surface area contributed by atoms with E-state index >= 15 is 0 Å². The number of benzene rings is 1. The van der Waals surface area contributed by atoms with Crippen LogP contribution in [-0.4, -0.2) is 24.0 Å². The average Bonchev–Trinajstić information content (AvgIpc) is 3.06. The Hall–Kier alpha value is -1.88. The Balaban J connectivity index is 1.86. The lowest BCUT2D eigenvalue weighted by Crippen LogP contribution is -2.49. The van der Waals surface area contributed by atoms with Gasteiger partial charge in [-0.1, -0.05) is 38.1 Å². The van der Waals surface area contributed by atoms with Gasteiger partial charge in [0.05, 0.1) is 6.04 Å². The van der Waals surface area contributed by atoms with Crippen molar-refractivity contribution in [3.63, 3.8) is 0 Å². The number of amides is 1. The third-order valence-electron chi connectivity index (χ3n) is 4.85. The molecule has 124 valence electrons. The number of rotatable bonds is 5. The van der Waals surface area contributed by atoms with Gasteiger partial charge in [0.2, 0.25) is 5.91 Å². The van der Waals surface area contributed by atoms with Crippen LogP contribution in [0.25, 0.3) is 0 Å². The summed E-state index contributed by atoms with van der Waals surface area (Å²) in [6.07, 6.45) is 0.564. The van der Waals surface area contributed by atoms with Crippen LogP contribution in [0.2, 0.25) is 0 Å². The van der Waals surface area contributed by atoms with Gasteiger partial charge in [0.15, 0.2) is 6.10 Å². The van der Waals surface area contributed by atoms with Gasteiger partial charge in [-0.25, -0.2) is 0 Å². The largest absolute Gasteiger partial charge is 0.457 e. The molecule has 5 heteroatoms. The van der Waals surface area contributed by atoms with Gasteiger partial charge in [0.1, 0.15) is 12.2 Å². The van der Waals surface area contributed by atoms with Gasteiger partial charge in [0, 0.05) is 12.8 Å². The summed E-state index contributed by atoms with van der Waals surface area (Å²) < 4.78 is 11.5. The highest BCUT2D eigenvalue weighted by Crippen LogP contribution is 2.51. The van der Waals surface area contributed by atoms with Gasteiger partial charge in [-0.3, -0.25) is 9.59 Å². The second kappa shape index (κ2) is 6.32. The molecule has 0 saturated carbocycles. The minimum absolute atomic E-state index is 0.00535. The predicted molar refractivity (Wildman–Crippen MR) is 84.6 cm³/mol. The highest BCUT2D eigenvalue weighted by molar-refractivity contribution is 5.79. The molecular weight excluding hydrogens is 294 g/mol. The Morgan fingerprint density at radius 3 is 2.35 bits per heavy atom. The number of fused-ring (bicyclic) bond motifs is 5. The van der Waals surface area contributed by atoms with E-state index in [1.165, 1.54) is 6.92 Å². The first-order valence-corrected chi connectivity index (χ1v) is 8.28. The fourth-order valence-electron chi connectivity index (χ4n) is 3.65. The van der Waals surface area contributed by atoms with Crippen molar-refractivity contribution in [2.24, 2.45) is 5.92 Å². The van der Waals surface area contributed by atoms with E-state index in [1.807, 2.05) is 38.1 Å². The fourth-order valence-corrected chi connectivity index (χ4v) is 3.65. The summed E-state index contributed by atoms with van der Waals surface area (Å²) in [7, 11) is 0. The Kier molecular flexibility index (Phi) is 4.39. The third-order valence-corrected chi connectivity index (χ3v) is 4.85. The van der Waals surface area contributed by atoms with Crippen LogP contribution in [0.4, 0.5) is 0 Å². The van der Waals surface area contributed by atoms with Gasteiger partial charge < -0.3 is 14.8 Å². The minimum atomic E-state index is -0.467. The Morgan fingerprint density at radius 1 is 1.17 bits per heavy atom. The lowest BCUT2D eigenvalue weighted by Gasteiger charge is -2.30. The first kappa shape index (κ1) is 16.0. The normalized spacial score (nSPS) is 27.8. The van der Waals surface area contributed by atoms with E-state index in [-0.39, 0.29) is 36.0 Å². The molecule has 3 rings (SSSR count). The zero-order valence-electron chi connectivity index (χ0n) is 13.7. The van der Waals surface area contributed by atoms with E-state index in [2.05, 4.69) is 5.32 Å². The molecule has 2 heterocycles. The molecule has 1 saturated heterocycles. The first-order valence-electron chi connectivity index (χ1n) is 8.28. The maximum Gasteiger partial charge on any atom is 0.303 e. The number of nitrogens with one attached hydrogen (secondary N) is 1. The van der Waals surface area contributed by atoms with Crippen LogP contribution < -0.4 is 5.32 Å². The van der Waals surface area contributed by atoms with Crippen molar-refractivity contribution in [2.45, 2.75) is 58.0 Å². The number of hydrogen-bond donors (Lipinski definition) is 1. The summed E-state index contributed by atoms with van der Waals surface area (Å²) in [6, 6.07) is 7.59. The molecule has 1 aromatic rings. The van der Waals surface area contributed by atoms with Gasteiger partial charge in [-0.05, 0) is 24.0 Å². The second-order valence-corrected chi connectivity index (χ2v) is 6.23. The maximum atomic E-state index is 12.5. The van der Waals surface area contributed by atoms with Crippen molar-refractivity contribution in [1.29, 1.82) is 0 Å². The smallest absolute Gasteiger partial charge is 0.303 e. The summed E-state index contributed by atoms with van der Waals surface area (Å²) in [5, 5.41) is 3.07. The van der Waals surface area contributed by atoms with E-state index in [0.717, 1.165) is 24.0 Å². The molecule has 2 aliphatic rings. The van der Waals surface area contributed by atoms with Crippen LogP contribution in [-0.2, 0) is 19.1 Å². The van der Waals surface area contributed by atoms with E-state index in [0.29, 0.717) is 0 Å². The van der Waals surface area contributed by atoms with Gasteiger partial charge in [0.25, 0.3) is 0 Å². The molecule has 4 atom stereocenters. The topological polar surface area (TPSA) is 64.6 Å². The summed E-state index contributed by atoms with van der Waals surface area (Å²) in [6.45, 7) is 5.39. The summed E-state index contributed by atoms with van der Waals surface area (Å²) in [5.74, 6) is -0.376. The highest BCUT2D eigenvalue weighted by Gasteiger charge is 2.54. The molecule has 0 radical (unpaired) electrons. The molecule has 0 unspecified atom stereocenters. The van der Waals surface area contributed by atoms with Crippen LogP contribution >= 0.6 is 0 Å². The van der Waals surface area contributed by atoms with Crippen LogP contribution in [0, 0.1) is 5.92 Å². The monoisotopic (exact) mass is 317 g/mol. The summed E-state index contributed by atoms with van der Waals surface area (Å²) in [4.78, 5) is 23.9. The lowest BCUT2D eigenvalue weighted by molar-refractivity contribution is -0.150. The van der Waals surface area contributed by atoms with Crippen molar-refractivity contribution < 1.29 is 19.1 Å². The van der Waals surface area contributed by atoms with Crippen molar-refractivity contribution >= 4 is 11.9 Å². The van der Waals surface area contributed by atoms with E-state index in [4.69, 9.17) is 9.47 Å². The zero-order valence-corrected chi connectivity index (χ0v) is 13.7. The Morgan fingerprint density at radius 2 is 1.78 bits per heavy atom. The highest BCUT2D eigenvalue weighted by atomic mass is 16.6. The molecule has 23 heavy (non-hydrogen) atoms. The zero-order chi connectivity index (χ0) is 16.6. The van der Waals surface area contributed by atoms with Gasteiger partial charge in [-0.15, -0.1) is 0 Å². The maximum absolute atomic E-state index is 12.5. The number of carbonyl (C=O) groups excluding carboxylic acids is 2. The number of esters is 1. The van der Waals surface area contributed by atoms with Crippen molar-refractivity contribution in [1.82, 2.24) is 5.32 Å². The molecule has 5 nitrogen and oxygen atoms in total. The molecule has 0 spiro atoms. The van der Waals surface area contributed by atoms with E-state index in [9.17, 15) is 9.59 Å².